The zero-order valence-electron chi connectivity index (χ0n) is 6.37. The Kier molecular flexibility index (Phi) is 3.98. The van der Waals surface area contributed by atoms with Gasteiger partial charge in [0.2, 0.25) is 0 Å². The van der Waals surface area contributed by atoms with Crippen LogP contribution in [0.25, 0.3) is 0 Å². The van der Waals surface area contributed by atoms with Crippen LogP contribution in [0.5, 0.6) is 0 Å². The molecule has 0 aromatic heterocycles. The maximum atomic E-state index is 10.3. The van der Waals surface area contributed by atoms with E-state index in [-0.39, 0.29) is 19.5 Å². The third-order valence-corrected chi connectivity index (χ3v) is 1.30. The van der Waals surface area contributed by atoms with E-state index >= 15 is 0 Å². The second-order valence-electron chi connectivity index (χ2n) is 2.17. The van der Waals surface area contributed by atoms with Crippen LogP contribution in [0.3, 0.4) is 0 Å². The van der Waals surface area contributed by atoms with Crippen molar-refractivity contribution in [3.8, 4) is 0 Å². The van der Waals surface area contributed by atoms with Crippen LogP contribution in [0.4, 0.5) is 0 Å². The molecule has 0 saturated carbocycles. The third kappa shape index (κ3) is 2.81. The van der Waals surface area contributed by atoms with Crippen molar-refractivity contribution in [3.05, 3.63) is 35.4 Å². The zero-order chi connectivity index (χ0) is 7.56. The number of aromatic carboxylic acids is 1. The predicted octanol–water partition coefficient (Wildman–Crippen LogP) is 1.69. The second kappa shape index (κ2) is 4.25. The molecule has 1 aromatic rings. The van der Waals surface area contributed by atoms with E-state index in [1.807, 2.05) is 6.92 Å². The molecule has 0 spiro atoms. The molecule has 0 heterocycles. The van der Waals surface area contributed by atoms with Gasteiger partial charge in [-0.25, -0.2) is 4.79 Å². The minimum Gasteiger partial charge on any atom is -0.478 e. The molecule has 1 aromatic carbocycles. The number of carboxylic acid groups (broad SMARTS) is 1. The normalized spacial score (nSPS) is 8.45. The van der Waals surface area contributed by atoms with Crippen LogP contribution in [0.2, 0.25) is 0 Å². The maximum absolute atomic E-state index is 10.3. The Bertz CT molecular complexity index is 241. The van der Waals surface area contributed by atoms with Crippen molar-refractivity contribution in [1.82, 2.24) is 0 Å². The number of hydrogen-bond donors (Lipinski definition) is 1. The molecule has 0 atom stereocenters. The summed E-state index contributed by atoms with van der Waals surface area (Å²) < 4.78 is 0. The fourth-order valence-corrected chi connectivity index (χ4v) is 0.696. The molecule has 0 aliphatic carbocycles. The number of aryl methyl sites for hydroxylation is 1. The number of carbonyl (C=O) groups is 1. The van der Waals surface area contributed by atoms with Gasteiger partial charge >= 0.3 is 5.97 Å². The van der Waals surface area contributed by atoms with Gasteiger partial charge in [0.1, 0.15) is 0 Å². The van der Waals surface area contributed by atoms with Crippen molar-refractivity contribution in [3.63, 3.8) is 0 Å². The molecule has 1 N–H and O–H groups in total. The van der Waals surface area contributed by atoms with Gasteiger partial charge in [-0.15, -0.1) is 0 Å². The van der Waals surface area contributed by atoms with E-state index in [1.54, 1.807) is 24.3 Å². The molecule has 0 bridgehead atoms. The summed E-state index contributed by atoms with van der Waals surface area (Å²) >= 11 is 0. The SMILES string of the molecule is Cc1ccc(C(=O)O)cc1.[Zn]. The van der Waals surface area contributed by atoms with Gasteiger partial charge in [0.05, 0.1) is 5.56 Å². The van der Waals surface area contributed by atoms with Crippen molar-refractivity contribution >= 4 is 5.97 Å². The quantitative estimate of drug-likeness (QED) is 0.702. The summed E-state index contributed by atoms with van der Waals surface area (Å²) in [6.45, 7) is 1.92. The number of benzene rings is 1. The van der Waals surface area contributed by atoms with Crippen molar-refractivity contribution in [2.24, 2.45) is 0 Å². The molecule has 11 heavy (non-hydrogen) atoms. The van der Waals surface area contributed by atoms with Gasteiger partial charge in [-0.3, -0.25) is 0 Å². The summed E-state index contributed by atoms with van der Waals surface area (Å²) in [6, 6.07) is 6.75. The van der Waals surface area contributed by atoms with Gasteiger partial charge in [0, 0.05) is 19.5 Å². The predicted molar refractivity (Wildman–Crippen MR) is 38.1 cm³/mol. The molecule has 0 fully saturated rings. The van der Waals surface area contributed by atoms with E-state index < -0.39 is 5.97 Å². The topological polar surface area (TPSA) is 37.3 Å². The summed E-state index contributed by atoms with van der Waals surface area (Å²) in [5, 5.41) is 8.48. The maximum Gasteiger partial charge on any atom is 0.335 e. The first-order valence-electron chi connectivity index (χ1n) is 3.00. The van der Waals surface area contributed by atoms with Crippen LogP contribution in [-0.2, 0) is 19.5 Å². The van der Waals surface area contributed by atoms with Gasteiger partial charge in [0.15, 0.2) is 0 Å². The monoisotopic (exact) mass is 200 g/mol. The van der Waals surface area contributed by atoms with E-state index in [2.05, 4.69) is 0 Å². The number of rotatable bonds is 1. The van der Waals surface area contributed by atoms with E-state index in [9.17, 15) is 4.79 Å². The molecule has 0 unspecified atom stereocenters. The first-order valence-corrected chi connectivity index (χ1v) is 3.00. The Morgan fingerprint density at radius 1 is 1.27 bits per heavy atom. The van der Waals surface area contributed by atoms with Gasteiger partial charge < -0.3 is 5.11 Å². The third-order valence-electron chi connectivity index (χ3n) is 1.30. The minimum atomic E-state index is -0.875. The van der Waals surface area contributed by atoms with Gasteiger partial charge in [0.25, 0.3) is 0 Å². The van der Waals surface area contributed by atoms with E-state index in [0.717, 1.165) is 5.56 Å². The molecule has 2 nitrogen and oxygen atoms in total. The Labute approximate surface area is 78.0 Å². The molecule has 54 valence electrons. The molecule has 0 aliphatic rings. The Hall–Kier alpha value is -0.687. The first-order chi connectivity index (χ1) is 4.70. The largest absolute Gasteiger partial charge is 0.478 e. The van der Waals surface area contributed by atoms with E-state index in [4.69, 9.17) is 5.11 Å². The summed E-state index contributed by atoms with van der Waals surface area (Å²) in [7, 11) is 0. The zero-order valence-corrected chi connectivity index (χ0v) is 9.34. The van der Waals surface area contributed by atoms with Crippen LogP contribution in [-0.4, -0.2) is 11.1 Å². The summed E-state index contributed by atoms with van der Waals surface area (Å²) in [5.74, 6) is -0.875. The van der Waals surface area contributed by atoms with Crippen molar-refractivity contribution in [2.45, 2.75) is 6.92 Å². The fraction of sp³-hybridized carbons (Fsp3) is 0.125. The first kappa shape index (κ1) is 10.3. The molecule has 0 saturated heterocycles. The van der Waals surface area contributed by atoms with Crippen molar-refractivity contribution in [2.75, 3.05) is 0 Å². The molecule has 0 aliphatic heterocycles. The fourth-order valence-electron chi connectivity index (χ4n) is 0.696. The molecular formula is C8H8O2Zn. The number of hydrogen-bond acceptors (Lipinski definition) is 1. The van der Waals surface area contributed by atoms with Crippen molar-refractivity contribution in [1.29, 1.82) is 0 Å². The van der Waals surface area contributed by atoms with Crippen LogP contribution >= 0.6 is 0 Å². The average Bonchev–Trinajstić information content (AvgIpc) is 1.88. The number of carboxylic acids is 1. The van der Waals surface area contributed by atoms with Crippen LogP contribution < -0.4 is 0 Å². The van der Waals surface area contributed by atoms with Crippen LogP contribution in [0, 0.1) is 6.92 Å². The second-order valence-corrected chi connectivity index (χ2v) is 2.17. The Balaban J connectivity index is 0.000001000. The van der Waals surface area contributed by atoms with Gasteiger partial charge in [-0.05, 0) is 19.1 Å². The smallest absolute Gasteiger partial charge is 0.335 e. The standard InChI is InChI=1S/C8H8O2.Zn/c1-6-2-4-7(5-3-6)8(9)10;/h2-5H,1H3,(H,9,10);. The molecule has 3 heteroatoms. The van der Waals surface area contributed by atoms with Crippen LogP contribution in [0.1, 0.15) is 15.9 Å². The summed E-state index contributed by atoms with van der Waals surface area (Å²) in [4.78, 5) is 10.3. The van der Waals surface area contributed by atoms with E-state index in [1.165, 1.54) is 0 Å². The average molecular weight is 202 g/mol. The molecule has 1 rings (SSSR count). The molecular weight excluding hydrogens is 193 g/mol. The van der Waals surface area contributed by atoms with Gasteiger partial charge in [-0.2, -0.15) is 0 Å². The summed E-state index contributed by atoms with van der Waals surface area (Å²) in [6.07, 6.45) is 0. The summed E-state index contributed by atoms with van der Waals surface area (Å²) in [5.41, 5.74) is 1.41. The molecule has 0 radical (unpaired) electrons. The van der Waals surface area contributed by atoms with Gasteiger partial charge in [-0.1, -0.05) is 17.7 Å². The van der Waals surface area contributed by atoms with E-state index in [0.29, 0.717) is 5.56 Å². The molecule has 0 amide bonds. The van der Waals surface area contributed by atoms with Crippen molar-refractivity contribution < 1.29 is 29.4 Å². The Morgan fingerprint density at radius 2 is 1.73 bits per heavy atom. The Morgan fingerprint density at radius 3 is 2.09 bits per heavy atom. The minimum absolute atomic E-state index is 0. The van der Waals surface area contributed by atoms with Crippen LogP contribution in [0.15, 0.2) is 24.3 Å².